The Morgan fingerprint density at radius 2 is 1.96 bits per heavy atom. The number of phenolic OH excluding ortho intramolecular Hbond substituents is 1. The number of hydrogen-bond acceptors (Lipinski definition) is 4. The molecule has 2 aromatic rings. The van der Waals surface area contributed by atoms with E-state index < -0.39 is 11.9 Å². The summed E-state index contributed by atoms with van der Waals surface area (Å²) >= 11 is 5.88. The van der Waals surface area contributed by atoms with Gasteiger partial charge in [0.2, 0.25) is 0 Å². The van der Waals surface area contributed by atoms with E-state index in [0.717, 1.165) is 5.56 Å². The fourth-order valence-corrected chi connectivity index (χ4v) is 2.24. The first-order valence-corrected chi connectivity index (χ1v) is 7.37. The van der Waals surface area contributed by atoms with Gasteiger partial charge in [-0.25, -0.2) is 4.79 Å². The van der Waals surface area contributed by atoms with Crippen LogP contribution >= 0.6 is 11.6 Å². The molecule has 0 aliphatic rings. The molecule has 1 amide bonds. The van der Waals surface area contributed by atoms with Crippen LogP contribution in [-0.2, 0) is 4.74 Å². The number of benzene rings is 2. The maximum Gasteiger partial charge on any atom is 0.341 e. The molecule has 0 radical (unpaired) electrons. The number of ether oxygens (including phenoxy) is 1. The van der Waals surface area contributed by atoms with Gasteiger partial charge >= 0.3 is 5.97 Å². The lowest BCUT2D eigenvalue weighted by atomic mass is 10.1. The lowest BCUT2D eigenvalue weighted by molar-refractivity contribution is 0.0523. The van der Waals surface area contributed by atoms with Crippen LogP contribution in [0.25, 0.3) is 0 Å². The molecule has 0 saturated heterocycles. The Morgan fingerprint density at radius 3 is 2.61 bits per heavy atom. The fraction of sp³-hybridized carbons (Fsp3) is 0.176. The van der Waals surface area contributed by atoms with E-state index in [4.69, 9.17) is 16.3 Å². The number of rotatable bonds is 4. The summed E-state index contributed by atoms with van der Waals surface area (Å²) in [4.78, 5) is 24.1. The van der Waals surface area contributed by atoms with Crippen LogP contribution in [0.15, 0.2) is 36.4 Å². The molecule has 23 heavy (non-hydrogen) atoms. The number of aryl methyl sites for hydroxylation is 1. The van der Waals surface area contributed by atoms with Crippen molar-refractivity contribution in [2.24, 2.45) is 0 Å². The second-order valence-electron chi connectivity index (χ2n) is 4.87. The van der Waals surface area contributed by atoms with E-state index in [1.165, 1.54) is 18.2 Å². The van der Waals surface area contributed by atoms with E-state index in [-0.39, 0.29) is 23.5 Å². The third kappa shape index (κ3) is 4.02. The highest BCUT2D eigenvalue weighted by molar-refractivity contribution is 6.30. The minimum absolute atomic E-state index is 0.0488. The SMILES string of the molecule is CCOC(=O)c1cc(C(=O)Nc2ccc(Cl)cc2C)ccc1O. The van der Waals surface area contributed by atoms with Gasteiger partial charge in [-0.05, 0) is 55.8 Å². The Bertz CT molecular complexity index is 758. The summed E-state index contributed by atoms with van der Waals surface area (Å²) in [6.45, 7) is 3.66. The lowest BCUT2D eigenvalue weighted by Crippen LogP contribution is -2.14. The molecular weight excluding hydrogens is 318 g/mol. The first-order chi connectivity index (χ1) is 10.9. The van der Waals surface area contributed by atoms with Gasteiger partial charge in [0.25, 0.3) is 5.91 Å². The van der Waals surface area contributed by atoms with Crippen molar-refractivity contribution in [3.63, 3.8) is 0 Å². The van der Waals surface area contributed by atoms with Crippen molar-refractivity contribution in [2.45, 2.75) is 13.8 Å². The number of anilines is 1. The van der Waals surface area contributed by atoms with Crippen LogP contribution in [0.2, 0.25) is 5.02 Å². The van der Waals surface area contributed by atoms with E-state index in [9.17, 15) is 14.7 Å². The van der Waals surface area contributed by atoms with Crippen LogP contribution in [0.5, 0.6) is 5.75 Å². The molecule has 0 aliphatic heterocycles. The van der Waals surface area contributed by atoms with Gasteiger partial charge in [0.1, 0.15) is 11.3 Å². The molecule has 120 valence electrons. The molecular formula is C17H16ClNO4. The highest BCUT2D eigenvalue weighted by Gasteiger charge is 2.16. The summed E-state index contributed by atoms with van der Waals surface area (Å²) < 4.78 is 4.85. The van der Waals surface area contributed by atoms with Crippen LogP contribution in [0.3, 0.4) is 0 Å². The summed E-state index contributed by atoms with van der Waals surface area (Å²) in [7, 11) is 0. The molecule has 0 bridgehead atoms. The summed E-state index contributed by atoms with van der Waals surface area (Å²) in [5, 5.41) is 13.0. The van der Waals surface area contributed by atoms with Crippen LogP contribution in [0.1, 0.15) is 33.2 Å². The van der Waals surface area contributed by atoms with Crippen molar-refractivity contribution in [3.05, 3.63) is 58.1 Å². The third-order valence-electron chi connectivity index (χ3n) is 3.19. The maximum atomic E-state index is 12.3. The molecule has 0 heterocycles. The van der Waals surface area contributed by atoms with Gasteiger partial charge in [0.05, 0.1) is 6.61 Å². The van der Waals surface area contributed by atoms with E-state index >= 15 is 0 Å². The molecule has 6 heteroatoms. The standard InChI is InChI=1S/C17H16ClNO4/c1-3-23-17(22)13-9-11(4-7-15(13)20)16(21)19-14-6-5-12(18)8-10(14)2/h4-9,20H,3H2,1-2H3,(H,19,21). The zero-order valence-corrected chi connectivity index (χ0v) is 13.5. The smallest absolute Gasteiger partial charge is 0.341 e. The van der Waals surface area contributed by atoms with Gasteiger partial charge in [-0.3, -0.25) is 4.79 Å². The van der Waals surface area contributed by atoms with Gasteiger partial charge in [-0.15, -0.1) is 0 Å². The van der Waals surface area contributed by atoms with Gasteiger partial charge in [-0.2, -0.15) is 0 Å². The molecule has 0 aliphatic carbocycles. The number of carbonyl (C=O) groups is 2. The number of carbonyl (C=O) groups excluding carboxylic acids is 2. The number of aromatic hydroxyl groups is 1. The first kappa shape index (κ1) is 16.8. The second-order valence-corrected chi connectivity index (χ2v) is 5.30. The van der Waals surface area contributed by atoms with Gasteiger partial charge < -0.3 is 15.2 Å². The summed E-state index contributed by atoms with van der Waals surface area (Å²) in [6, 6.07) is 9.12. The number of nitrogens with one attached hydrogen (secondary N) is 1. The maximum absolute atomic E-state index is 12.3. The molecule has 2 rings (SSSR count). The van der Waals surface area contributed by atoms with Crippen LogP contribution in [-0.4, -0.2) is 23.6 Å². The Balaban J connectivity index is 2.25. The molecule has 2 aromatic carbocycles. The van der Waals surface area contributed by atoms with Crippen LogP contribution in [0.4, 0.5) is 5.69 Å². The number of halogens is 1. The first-order valence-electron chi connectivity index (χ1n) is 7.00. The molecule has 0 atom stereocenters. The Hall–Kier alpha value is -2.53. The molecule has 0 unspecified atom stereocenters. The number of phenols is 1. The monoisotopic (exact) mass is 333 g/mol. The normalized spacial score (nSPS) is 10.2. The van der Waals surface area contributed by atoms with E-state index in [0.29, 0.717) is 10.7 Å². The molecule has 0 spiro atoms. The Kier molecular flexibility index (Phi) is 5.24. The molecule has 5 nitrogen and oxygen atoms in total. The van der Waals surface area contributed by atoms with E-state index in [1.54, 1.807) is 25.1 Å². The average molecular weight is 334 g/mol. The Morgan fingerprint density at radius 1 is 1.22 bits per heavy atom. The third-order valence-corrected chi connectivity index (χ3v) is 3.43. The molecule has 0 fully saturated rings. The summed E-state index contributed by atoms with van der Waals surface area (Å²) in [5.74, 6) is -1.31. The zero-order valence-electron chi connectivity index (χ0n) is 12.7. The fourth-order valence-electron chi connectivity index (χ4n) is 2.01. The zero-order chi connectivity index (χ0) is 17.0. The Labute approximate surface area is 138 Å². The minimum Gasteiger partial charge on any atom is -0.507 e. The van der Waals surface area contributed by atoms with Crippen molar-refractivity contribution >= 4 is 29.2 Å². The van der Waals surface area contributed by atoms with E-state index in [1.807, 2.05) is 6.92 Å². The molecule has 0 saturated carbocycles. The lowest BCUT2D eigenvalue weighted by Gasteiger charge is -2.10. The summed E-state index contributed by atoms with van der Waals surface area (Å²) in [6.07, 6.45) is 0. The second kappa shape index (κ2) is 7.15. The van der Waals surface area contributed by atoms with Gasteiger partial charge in [0, 0.05) is 16.3 Å². The van der Waals surface area contributed by atoms with E-state index in [2.05, 4.69) is 5.32 Å². The molecule has 0 aromatic heterocycles. The predicted molar refractivity (Wildman–Crippen MR) is 88.2 cm³/mol. The quantitative estimate of drug-likeness (QED) is 0.835. The van der Waals surface area contributed by atoms with Gasteiger partial charge in [-0.1, -0.05) is 11.6 Å². The van der Waals surface area contributed by atoms with Crippen LogP contribution < -0.4 is 5.32 Å². The average Bonchev–Trinajstić information content (AvgIpc) is 2.50. The molecule has 2 N–H and O–H groups in total. The van der Waals surface area contributed by atoms with Crippen molar-refractivity contribution in [1.82, 2.24) is 0 Å². The van der Waals surface area contributed by atoms with Crippen molar-refractivity contribution < 1.29 is 19.4 Å². The summed E-state index contributed by atoms with van der Waals surface area (Å²) in [5.41, 5.74) is 1.62. The number of hydrogen-bond donors (Lipinski definition) is 2. The van der Waals surface area contributed by atoms with Crippen molar-refractivity contribution in [1.29, 1.82) is 0 Å². The number of esters is 1. The van der Waals surface area contributed by atoms with Crippen molar-refractivity contribution in [3.8, 4) is 5.75 Å². The van der Waals surface area contributed by atoms with Crippen LogP contribution in [0, 0.1) is 6.92 Å². The largest absolute Gasteiger partial charge is 0.507 e. The highest BCUT2D eigenvalue weighted by Crippen LogP contribution is 2.23. The topological polar surface area (TPSA) is 75.6 Å². The highest BCUT2D eigenvalue weighted by atomic mass is 35.5. The number of amides is 1. The van der Waals surface area contributed by atoms with Gasteiger partial charge in [0.15, 0.2) is 0 Å². The van der Waals surface area contributed by atoms with Crippen molar-refractivity contribution in [2.75, 3.05) is 11.9 Å². The minimum atomic E-state index is -0.678. The predicted octanol–water partition coefficient (Wildman–Crippen LogP) is 3.78.